The van der Waals surface area contributed by atoms with Crippen molar-refractivity contribution in [1.82, 2.24) is 0 Å². The molecule has 14 heavy (non-hydrogen) atoms. The van der Waals surface area contributed by atoms with Crippen LogP contribution in [0.1, 0.15) is 40.0 Å². The number of rotatable bonds is 2. The fraction of sp³-hybridized carbons (Fsp3) is 0.750. The van der Waals surface area contributed by atoms with Gasteiger partial charge in [0.15, 0.2) is 0 Å². The van der Waals surface area contributed by atoms with Crippen LogP contribution in [0.4, 0.5) is 0 Å². The van der Waals surface area contributed by atoms with Gasteiger partial charge >= 0.3 is 5.97 Å². The highest BCUT2D eigenvalue weighted by atomic mass is 16.5. The average Bonchev–Trinajstić information content (AvgIpc) is 2.07. The van der Waals surface area contributed by atoms with E-state index in [9.17, 15) is 4.79 Å². The number of carbonyl (C=O) groups is 1. The van der Waals surface area contributed by atoms with Gasteiger partial charge in [-0.1, -0.05) is 19.1 Å². The molecule has 0 unspecified atom stereocenters. The highest BCUT2D eigenvalue weighted by molar-refractivity contribution is 5.66. The Morgan fingerprint density at radius 2 is 2.00 bits per heavy atom. The molecule has 0 heterocycles. The summed E-state index contributed by atoms with van der Waals surface area (Å²) in [5.41, 5.74) is 1.22. The highest BCUT2D eigenvalue weighted by Gasteiger charge is 2.29. The largest absolute Gasteiger partial charge is 0.462 e. The van der Waals surface area contributed by atoms with Crippen molar-refractivity contribution in [3.05, 3.63) is 12.2 Å². The normalized spacial score (nSPS) is 32.4. The topological polar surface area (TPSA) is 26.3 Å². The van der Waals surface area contributed by atoms with E-state index in [1.54, 1.807) is 0 Å². The first kappa shape index (κ1) is 11.3. The van der Waals surface area contributed by atoms with Gasteiger partial charge in [0.1, 0.15) is 6.10 Å². The number of ether oxygens (including phenoxy) is 1. The van der Waals surface area contributed by atoms with Gasteiger partial charge in [0.05, 0.1) is 0 Å². The summed E-state index contributed by atoms with van der Waals surface area (Å²) in [7, 11) is 0. The van der Waals surface area contributed by atoms with Crippen molar-refractivity contribution in [1.29, 1.82) is 0 Å². The fourth-order valence-corrected chi connectivity index (χ4v) is 2.11. The molecule has 1 aliphatic carbocycles. The molecule has 0 amide bonds. The van der Waals surface area contributed by atoms with E-state index in [1.807, 2.05) is 0 Å². The second-order valence-corrected chi connectivity index (χ2v) is 4.48. The van der Waals surface area contributed by atoms with Gasteiger partial charge in [-0.25, -0.2) is 0 Å². The van der Waals surface area contributed by atoms with Crippen LogP contribution in [-0.4, -0.2) is 12.1 Å². The first-order valence-corrected chi connectivity index (χ1v) is 5.33. The third kappa shape index (κ3) is 2.86. The summed E-state index contributed by atoms with van der Waals surface area (Å²) in [6.07, 6.45) is 3.38. The summed E-state index contributed by atoms with van der Waals surface area (Å²) < 4.78 is 5.30. The lowest BCUT2D eigenvalue weighted by Crippen LogP contribution is -2.31. The van der Waals surface area contributed by atoms with Crippen LogP contribution < -0.4 is 0 Å². The number of carbonyl (C=O) groups excluding carboxylic acids is 1. The standard InChI is InChI=1S/C12H20O2/c1-8(2)11-6-5-9(3)12(7-11)14-10(4)13/h9,11-12H,1,5-7H2,2-4H3/t9-,11-,12-/m0/s1. The molecule has 0 aromatic carbocycles. The van der Waals surface area contributed by atoms with Crippen molar-refractivity contribution in [3.63, 3.8) is 0 Å². The van der Waals surface area contributed by atoms with E-state index in [2.05, 4.69) is 20.4 Å². The molecule has 2 nitrogen and oxygen atoms in total. The minimum Gasteiger partial charge on any atom is -0.462 e. The average molecular weight is 196 g/mol. The third-order valence-electron chi connectivity index (χ3n) is 3.14. The van der Waals surface area contributed by atoms with Crippen molar-refractivity contribution in [2.45, 2.75) is 46.1 Å². The molecular weight excluding hydrogens is 176 g/mol. The van der Waals surface area contributed by atoms with Crippen LogP contribution >= 0.6 is 0 Å². The molecule has 3 atom stereocenters. The molecule has 0 aliphatic heterocycles. The Morgan fingerprint density at radius 3 is 2.50 bits per heavy atom. The maximum Gasteiger partial charge on any atom is 0.302 e. The van der Waals surface area contributed by atoms with E-state index < -0.39 is 0 Å². The monoisotopic (exact) mass is 196 g/mol. The maximum atomic E-state index is 10.9. The van der Waals surface area contributed by atoms with Crippen molar-refractivity contribution in [3.8, 4) is 0 Å². The van der Waals surface area contributed by atoms with Gasteiger partial charge < -0.3 is 4.74 Å². The van der Waals surface area contributed by atoms with Crippen LogP contribution in [0.25, 0.3) is 0 Å². The Hall–Kier alpha value is -0.790. The molecule has 0 spiro atoms. The second kappa shape index (κ2) is 4.63. The molecule has 0 saturated heterocycles. The van der Waals surface area contributed by atoms with E-state index >= 15 is 0 Å². The van der Waals surface area contributed by atoms with Crippen LogP contribution in [0.5, 0.6) is 0 Å². The molecule has 0 bridgehead atoms. The second-order valence-electron chi connectivity index (χ2n) is 4.48. The first-order valence-electron chi connectivity index (χ1n) is 5.33. The van der Waals surface area contributed by atoms with Gasteiger partial charge in [-0.2, -0.15) is 0 Å². The third-order valence-corrected chi connectivity index (χ3v) is 3.14. The Bertz CT molecular complexity index is 232. The molecule has 2 heteroatoms. The van der Waals surface area contributed by atoms with Crippen molar-refractivity contribution >= 4 is 5.97 Å². The van der Waals surface area contributed by atoms with Gasteiger partial charge in [0.25, 0.3) is 0 Å². The van der Waals surface area contributed by atoms with E-state index in [4.69, 9.17) is 4.74 Å². The zero-order valence-electron chi connectivity index (χ0n) is 9.38. The molecule has 0 radical (unpaired) electrons. The van der Waals surface area contributed by atoms with E-state index in [1.165, 1.54) is 18.9 Å². The zero-order valence-corrected chi connectivity index (χ0v) is 9.38. The van der Waals surface area contributed by atoms with Crippen LogP contribution in [-0.2, 0) is 9.53 Å². The minimum atomic E-state index is -0.163. The summed E-state index contributed by atoms with van der Waals surface area (Å²) in [5.74, 6) is 0.870. The molecule has 80 valence electrons. The number of hydrogen-bond donors (Lipinski definition) is 0. The molecule has 1 rings (SSSR count). The van der Waals surface area contributed by atoms with Gasteiger partial charge in [-0.05, 0) is 38.0 Å². The van der Waals surface area contributed by atoms with Crippen molar-refractivity contribution in [2.24, 2.45) is 11.8 Å². The van der Waals surface area contributed by atoms with Crippen molar-refractivity contribution in [2.75, 3.05) is 0 Å². The lowest BCUT2D eigenvalue weighted by Gasteiger charge is -2.33. The van der Waals surface area contributed by atoms with Gasteiger partial charge in [0, 0.05) is 6.92 Å². The molecular formula is C12H20O2. The smallest absolute Gasteiger partial charge is 0.302 e. The summed E-state index contributed by atoms with van der Waals surface area (Å²) in [6, 6.07) is 0. The molecule has 1 aliphatic rings. The van der Waals surface area contributed by atoms with Crippen LogP contribution in [0.15, 0.2) is 12.2 Å². The van der Waals surface area contributed by atoms with E-state index in [0.29, 0.717) is 11.8 Å². The van der Waals surface area contributed by atoms with Gasteiger partial charge in [0.2, 0.25) is 0 Å². The summed E-state index contributed by atoms with van der Waals surface area (Å²) in [5, 5.41) is 0. The first-order chi connectivity index (χ1) is 6.50. The maximum absolute atomic E-state index is 10.9. The quantitative estimate of drug-likeness (QED) is 0.501. The zero-order chi connectivity index (χ0) is 10.7. The SMILES string of the molecule is C=C(C)[C@H]1CC[C@H](C)[C@@H](OC(C)=O)C1. The fourth-order valence-electron chi connectivity index (χ4n) is 2.11. The Balaban J connectivity index is 2.55. The van der Waals surface area contributed by atoms with Gasteiger partial charge in [-0.15, -0.1) is 0 Å². The Kier molecular flexibility index (Phi) is 3.73. The summed E-state index contributed by atoms with van der Waals surface area (Å²) in [6.45, 7) is 9.68. The summed E-state index contributed by atoms with van der Waals surface area (Å²) in [4.78, 5) is 10.9. The minimum absolute atomic E-state index is 0.1000. The van der Waals surface area contributed by atoms with Crippen LogP contribution in [0, 0.1) is 11.8 Å². The highest BCUT2D eigenvalue weighted by Crippen LogP contribution is 2.34. The lowest BCUT2D eigenvalue weighted by molar-refractivity contribution is -0.151. The number of esters is 1. The predicted octanol–water partition coefficient (Wildman–Crippen LogP) is 2.93. The van der Waals surface area contributed by atoms with E-state index in [-0.39, 0.29) is 12.1 Å². The molecule has 1 saturated carbocycles. The molecule has 0 aromatic heterocycles. The van der Waals surface area contributed by atoms with E-state index in [0.717, 1.165) is 12.8 Å². The van der Waals surface area contributed by atoms with Gasteiger partial charge in [-0.3, -0.25) is 4.79 Å². The molecule has 0 N–H and O–H groups in total. The Morgan fingerprint density at radius 1 is 1.36 bits per heavy atom. The number of hydrogen-bond acceptors (Lipinski definition) is 2. The summed E-state index contributed by atoms with van der Waals surface area (Å²) >= 11 is 0. The molecule has 0 aromatic rings. The number of allylic oxidation sites excluding steroid dienone is 1. The molecule has 1 fully saturated rings. The predicted molar refractivity (Wildman–Crippen MR) is 56.9 cm³/mol. The van der Waals surface area contributed by atoms with Crippen LogP contribution in [0.2, 0.25) is 0 Å². The lowest BCUT2D eigenvalue weighted by atomic mass is 9.78. The van der Waals surface area contributed by atoms with Crippen molar-refractivity contribution < 1.29 is 9.53 Å². The van der Waals surface area contributed by atoms with Crippen LogP contribution in [0.3, 0.4) is 0 Å². The Labute approximate surface area is 86.3 Å².